The number of methoxy groups -OCH3 is 1. The molecule has 1 aromatic heterocycles. The van der Waals surface area contributed by atoms with Crippen LogP contribution in [-0.4, -0.2) is 35.1 Å². The first kappa shape index (κ1) is 25.5. The van der Waals surface area contributed by atoms with Crippen molar-refractivity contribution in [2.24, 2.45) is 5.92 Å². The zero-order valence-corrected chi connectivity index (χ0v) is 20.5. The van der Waals surface area contributed by atoms with E-state index in [4.69, 9.17) is 32.7 Å². The Morgan fingerprint density at radius 2 is 1.59 bits per heavy atom. The Balaban J connectivity index is 1.78. The zero-order chi connectivity index (χ0) is 24.8. The molecule has 0 aliphatic heterocycles. The molecule has 0 amide bonds. The highest BCUT2D eigenvalue weighted by atomic mass is 35.5. The summed E-state index contributed by atoms with van der Waals surface area (Å²) in [5.41, 5.74) is 1.58. The summed E-state index contributed by atoms with van der Waals surface area (Å²) in [5.74, 6) is -2.35. The molecule has 178 valence electrons. The van der Waals surface area contributed by atoms with E-state index in [1.54, 1.807) is 26.0 Å². The summed E-state index contributed by atoms with van der Waals surface area (Å²) in [6.45, 7) is 3.38. The van der Waals surface area contributed by atoms with Gasteiger partial charge in [0.05, 0.1) is 13.0 Å². The predicted molar refractivity (Wildman–Crippen MR) is 131 cm³/mol. The number of Topliss-reactive ketones (excluding diaryl/α,β-unsaturated/α-hetero) is 1. The quantitative estimate of drug-likeness (QED) is 0.282. The van der Waals surface area contributed by atoms with Gasteiger partial charge in [0.2, 0.25) is 0 Å². The molecule has 0 aliphatic rings. The third kappa shape index (κ3) is 6.07. The maximum atomic E-state index is 12.9. The van der Waals surface area contributed by atoms with Gasteiger partial charge >= 0.3 is 5.97 Å². The van der Waals surface area contributed by atoms with Gasteiger partial charge in [-0.15, -0.1) is 0 Å². The molecule has 8 heteroatoms. The van der Waals surface area contributed by atoms with Crippen molar-refractivity contribution in [1.29, 1.82) is 0 Å². The number of hydrogen-bond acceptors (Lipinski definition) is 6. The average molecular weight is 502 g/mol. The monoisotopic (exact) mass is 501 g/mol. The van der Waals surface area contributed by atoms with Crippen molar-refractivity contribution < 1.29 is 24.2 Å². The van der Waals surface area contributed by atoms with Gasteiger partial charge in [-0.1, -0.05) is 54.4 Å². The Hall–Kier alpha value is -3.09. The number of ketones is 1. The molecule has 0 saturated heterocycles. The van der Waals surface area contributed by atoms with Gasteiger partial charge in [-0.05, 0) is 42.3 Å². The summed E-state index contributed by atoms with van der Waals surface area (Å²) in [6, 6.07) is 16.1. The second kappa shape index (κ2) is 11.4. The fourth-order valence-electron chi connectivity index (χ4n) is 3.77. The smallest absolute Gasteiger partial charge is 0.309 e. The minimum atomic E-state index is -0.762. The topological polar surface area (TPSA) is 85.7 Å². The molecule has 34 heavy (non-hydrogen) atoms. The van der Waals surface area contributed by atoms with Crippen LogP contribution in [0.4, 0.5) is 0 Å². The van der Waals surface area contributed by atoms with Crippen molar-refractivity contribution >= 4 is 35.0 Å². The Morgan fingerprint density at radius 1 is 1.00 bits per heavy atom. The third-order valence-corrected chi connectivity index (χ3v) is 5.92. The highest BCUT2D eigenvalue weighted by Gasteiger charge is 2.29. The molecule has 0 fully saturated rings. The first-order valence-electron chi connectivity index (χ1n) is 10.7. The molecule has 0 radical (unpaired) electrons. The van der Waals surface area contributed by atoms with E-state index in [2.05, 4.69) is 4.98 Å². The predicted octanol–water partition coefficient (Wildman–Crippen LogP) is 6.08. The lowest BCUT2D eigenvalue weighted by molar-refractivity contribution is -0.153. The molecule has 1 heterocycles. The molecule has 0 spiro atoms. The van der Waals surface area contributed by atoms with Gasteiger partial charge in [-0.3, -0.25) is 9.59 Å². The number of benzene rings is 2. The number of halogens is 2. The first-order valence-corrected chi connectivity index (χ1v) is 11.4. The second-order valence-corrected chi connectivity index (χ2v) is 8.84. The summed E-state index contributed by atoms with van der Waals surface area (Å²) < 4.78 is 10.8. The average Bonchev–Trinajstić information content (AvgIpc) is 2.79. The van der Waals surface area contributed by atoms with E-state index < -0.39 is 23.8 Å². The van der Waals surface area contributed by atoms with Crippen LogP contribution in [0.5, 0.6) is 11.5 Å². The number of aromatic hydroxyl groups is 1. The van der Waals surface area contributed by atoms with Gasteiger partial charge in [-0.25, -0.2) is 4.98 Å². The largest absolute Gasteiger partial charge is 0.503 e. The molecule has 0 bridgehead atoms. The van der Waals surface area contributed by atoms with E-state index in [1.165, 1.54) is 19.4 Å². The van der Waals surface area contributed by atoms with E-state index in [-0.39, 0.29) is 29.5 Å². The summed E-state index contributed by atoms with van der Waals surface area (Å²) >= 11 is 12.4. The number of esters is 1. The molecular formula is C26H25Cl2NO5. The van der Waals surface area contributed by atoms with Crippen molar-refractivity contribution in [3.63, 3.8) is 0 Å². The second-order valence-electron chi connectivity index (χ2n) is 7.97. The van der Waals surface area contributed by atoms with Crippen molar-refractivity contribution in [1.82, 2.24) is 4.98 Å². The number of carbonyl (C=O) groups is 2. The first-order chi connectivity index (χ1) is 16.2. The van der Waals surface area contributed by atoms with Gasteiger partial charge in [0.1, 0.15) is 6.10 Å². The summed E-state index contributed by atoms with van der Waals surface area (Å²) in [5, 5.41) is 11.3. The molecule has 1 N–H and O–H groups in total. The number of nitrogens with zero attached hydrogens (tertiary/aromatic N) is 1. The highest BCUT2D eigenvalue weighted by Crippen LogP contribution is 2.33. The van der Waals surface area contributed by atoms with Gasteiger partial charge in [0.15, 0.2) is 23.0 Å². The van der Waals surface area contributed by atoms with Crippen LogP contribution in [0, 0.1) is 5.92 Å². The van der Waals surface area contributed by atoms with Crippen LogP contribution < -0.4 is 4.74 Å². The van der Waals surface area contributed by atoms with Crippen molar-refractivity contribution in [3.8, 4) is 11.5 Å². The lowest BCUT2D eigenvalue weighted by Gasteiger charge is -2.26. The van der Waals surface area contributed by atoms with Gasteiger partial charge in [-0.2, -0.15) is 0 Å². The summed E-state index contributed by atoms with van der Waals surface area (Å²) in [7, 11) is 1.38. The molecule has 2 atom stereocenters. The third-order valence-electron chi connectivity index (χ3n) is 5.45. The SMILES string of the molecule is COc1ccnc(C(=O)C[C@@H](C)C(=O)O[C@@H](C)C(c2cccc(Cl)c2)c2cccc(Cl)c2)c1O. The molecule has 6 nitrogen and oxygen atoms in total. The minimum Gasteiger partial charge on any atom is -0.503 e. The van der Waals surface area contributed by atoms with Crippen molar-refractivity contribution in [3.05, 3.63) is 87.7 Å². The van der Waals surface area contributed by atoms with E-state index in [1.807, 2.05) is 36.4 Å². The molecule has 0 saturated carbocycles. The standard InChI is InChI=1S/C26H25Cl2NO5/c1-15(12-21(30)24-25(31)22(33-3)10-11-29-24)26(32)34-16(2)23(17-6-4-8-19(27)13-17)18-7-5-9-20(28)14-18/h4-11,13-16,23,31H,12H2,1-3H3/t15-,16+/m1/s1. The number of carbonyl (C=O) groups excluding carboxylic acids is 2. The normalized spacial score (nSPS) is 12.8. The van der Waals surface area contributed by atoms with E-state index in [0.29, 0.717) is 10.0 Å². The lowest BCUT2D eigenvalue weighted by atomic mass is 9.87. The molecule has 3 rings (SSSR count). The number of ether oxygens (including phenoxy) is 2. The Morgan fingerprint density at radius 3 is 2.12 bits per heavy atom. The van der Waals surface area contributed by atoms with E-state index in [9.17, 15) is 14.7 Å². The zero-order valence-electron chi connectivity index (χ0n) is 19.0. The Bertz CT molecular complexity index is 1140. The van der Waals surface area contributed by atoms with E-state index >= 15 is 0 Å². The van der Waals surface area contributed by atoms with Gasteiger partial charge in [0, 0.05) is 34.6 Å². The minimum absolute atomic E-state index is 0.132. The fourth-order valence-corrected chi connectivity index (χ4v) is 4.16. The molecule has 0 aliphatic carbocycles. The number of hydrogen-bond donors (Lipinski definition) is 1. The fraction of sp³-hybridized carbons (Fsp3) is 0.269. The van der Waals surface area contributed by atoms with Crippen LogP contribution in [0.1, 0.15) is 47.8 Å². The lowest BCUT2D eigenvalue weighted by Crippen LogP contribution is -2.28. The summed E-state index contributed by atoms with van der Waals surface area (Å²) in [4.78, 5) is 29.5. The van der Waals surface area contributed by atoms with Crippen LogP contribution in [0.3, 0.4) is 0 Å². The Labute approximate surface area is 208 Å². The van der Waals surface area contributed by atoms with Gasteiger partial charge < -0.3 is 14.6 Å². The van der Waals surface area contributed by atoms with Crippen LogP contribution >= 0.6 is 23.2 Å². The number of rotatable bonds is 9. The highest BCUT2D eigenvalue weighted by molar-refractivity contribution is 6.31. The molecule has 2 aromatic carbocycles. The van der Waals surface area contributed by atoms with Crippen LogP contribution in [0.15, 0.2) is 60.8 Å². The Kier molecular flexibility index (Phi) is 8.53. The maximum Gasteiger partial charge on any atom is 0.309 e. The number of pyridine rings is 1. The number of aromatic nitrogens is 1. The molecule has 3 aromatic rings. The van der Waals surface area contributed by atoms with E-state index in [0.717, 1.165) is 11.1 Å². The molecular weight excluding hydrogens is 477 g/mol. The molecule has 0 unspecified atom stereocenters. The van der Waals surface area contributed by atoms with Crippen LogP contribution in [0.25, 0.3) is 0 Å². The van der Waals surface area contributed by atoms with Crippen LogP contribution in [0.2, 0.25) is 10.0 Å². The summed E-state index contributed by atoms with van der Waals surface area (Å²) in [6.07, 6.45) is 0.598. The van der Waals surface area contributed by atoms with Crippen molar-refractivity contribution in [2.75, 3.05) is 7.11 Å². The van der Waals surface area contributed by atoms with Gasteiger partial charge in [0.25, 0.3) is 0 Å². The maximum absolute atomic E-state index is 12.9. The van der Waals surface area contributed by atoms with Crippen LogP contribution in [-0.2, 0) is 9.53 Å². The van der Waals surface area contributed by atoms with Crippen molar-refractivity contribution in [2.45, 2.75) is 32.3 Å².